The van der Waals surface area contributed by atoms with Crippen LogP contribution < -0.4 is 4.74 Å². The molecule has 0 spiro atoms. The van der Waals surface area contributed by atoms with E-state index in [1.165, 1.54) is 4.68 Å². The van der Waals surface area contributed by atoms with E-state index in [1.807, 2.05) is 26.8 Å². The van der Waals surface area contributed by atoms with E-state index in [2.05, 4.69) is 5.10 Å². The van der Waals surface area contributed by atoms with Crippen LogP contribution in [-0.2, 0) is 0 Å². The van der Waals surface area contributed by atoms with Gasteiger partial charge in [0, 0.05) is 11.3 Å². The Morgan fingerprint density at radius 3 is 2.44 bits per heavy atom. The summed E-state index contributed by atoms with van der Waals surface area (Å²) < 4.78 is 6.76. The topological polar surface area (TPSA) is 44.1 Å². The van der Waals surface area contributed by atoms with E-state index >= 15 is 0 Å². The summed E-state index contributed by atoms with van der Waals surface area (Å²) >= 11 is 0. The Kier molecular flexibility index (Phi) is 3.46. The van der Waals surface area contributed by atoms with Crippen molar-refractivity contribution in [1.29, 1.82) is 0 Å². The third kappa shape index (κ3) is 2.42. The van der Waals surface area contributed by atoms with Gasteiger partial charge in [0.1, 0.15) is 5.75 Å². The molecule has 94 valence electrons. The van der Waals surface area contributed by atoms with Crippen LogP contribution in [0, 0.1) is 13.8 Å². The van der Waals surface area contributed by atoms with Crippen LogP contribution in [0.2, 0.25) is 0 Å². The molecule has 0 aliphatic carbocycles. The van der Waals surface area contributed by atoms with Gasteiger partial charge in [0.25, 0.3) is 5.91 Å². The van der Waals surface area contributed by atoms with Crippen molar-refractivity contribution in [2.75, 3.05) is 6.61 Å². The molecule has 2 aromatic rings. The van der Waals surface area contributed by atoms with Crippen LogP contribution in [0.25, 0.3) is 0 Å². The molecule has 0 unspecified atom stereocenters. The third-order valence-electron chi connectivity index (χ3n) is 2.61. The number of hydrogen-bond acceptors (Lipinski definition) is 3. The molecule has 1 heterocycles. The zero-order valence-corrected chi connectivity index (χ0v) is 10.8. The van der Waals surface area contributed by atoms with Crippen molar-refractivity contribution < 1.29 is 9.53 Å². The van der Waals surface area contributed by atoms with Gasteiger partial charge in [-0.2, -0.15) is 5.10 Å². The fourth-order valence-corrected chi connectivity index (χ4v) is 1.82. The minimum absolute atomic E-state index is 0.122. The van der Waals surface area contributed by atoms with E-state index in [0.717, 1.165) is 17.1 Å². The summed E-state index contributed by atoms with van der Waals surface area (Å²) in [7, 11) is 0. The molecule has 0 aliphatic rings. The molecule has 0 aliphatic heterocycles. The van der Waals surface area contributed by atoms with Crippen LogP contribution in [0.3, 0.4) is 0 Å². The molecule has 18 heavy (non-hydrogen) atoms. The molecule has 0 bridgehead atoms. The fraction of sp³-hybridized carbons (Fsp3) is 0.286. The number of hydrogen-bond donors (Lipinski definition) is 0. The lowest BCUT2D eigenvalue weighted by Crippen LogP contribution is -2.15. The van der Waals surface area contributed by atoms with Gasteiger partial charge in [0.05, 0.1) is 12.3 Å². The quantitative estimate of drug-likeness (QED) is 0.833. The van der Waals surface area contributed by atoms with Gasteiger partial charge in [0.2, 0.25) is 0 Å². The van der Waals surface area contributed by atoms with Gasteiger partial charge in [-0.3, -0.25) is 4.79 Å². The Morgan fingerprint density at radius 2 is 1.94 bits per heavy atom. The lowest BCUT2D eigenvalue weighted by Gasteiger charge is -2.05. The van der Waals surface area contributed by atoms with Crippen LogP contribution >= 0.6 is 0 Å². The minimum Gasteiger partial charge on any atom is -0.494 e. The molecule has 0 N–H and O–H groups in total. The average Bonchev–Trinajstić information content (AvgIpc) is 2.69. The van der Waals surface area contributed by atoms with Gasteiger partial charge in [-0.15, -0.1) is 0 Å². The van der Waals surface area contributed by atoms with Gasteiger partial charge in [-0.1, -0.05) is 0 Å². The first-order valence-corrected chi connectivity index (χ1v) is 5.92. The van der Waals surface area contributed by atoms with Crippen molar-refractivity contribution in [3.63, 3.8) is 0 Å². The zero-order chi connectivity index (χ0) is 13.1. The molecule has 0 saturated heterocycles. The van der Waals surface area contributed by atoms with E-state index in [0.29, 0.717) is 12.2 Å². The summed E-state index contributed by atoms with van der Waals surface area (Å²) in [6.45, 7) is 6.28. The molecule has 4 heteroatoms. The van der Waals surface area contributed by atoms with E-state index in [9.17, 15) is 4.79 Å². The number of ether oxygens (including phenoxy) is 1. The molecule has 2 rings (SSSR count). The molecule has 0 radical (unpaired) electrons. The smallest absolute Gasteiger partial charge is 0.278 e. The van der Waals surface area contributed by atoms with Gasteiger partial charge in [-0.25, -0.2) is 4.68 Å². The Balaban J connectivity index is 2.26. The molecular formula is C14H16N2O2. The number of rotatable bonds is 3. The van der Waals surface area contributed by atoms with Gasteiger partial charge < -0.3 is 4.74 Å². The first-order valence-electron chi connectivity index (χ1n) is 5.92. The maximum atomic E-state index is 12.2. The molecule has 0 amide bonds. The van der Waals surface area contributed by atoms with Crippen molar-refractivity contribution in [3.05, 3.63) is 47.3 Å². The van der Waals surface area contributed by atoms with Crippen molar-refractivity contribution in [1.82, 2.24) is 9.78 Å². The summed E-state index contributed by atoms with van der Waals surface area (Å²) in [4.78, 5) is 12.2. The molecular weight excluding hydrogens is 228 g/mol. The van der Waals surface area contributed by atoms with Crippen LogP contribution in [-0.4, -0.2) is 22.3 Å². The third-order valence-corrected chi connectivity index (χ3v) is 2.61. The highest BCUT2D eigenvalue weighted by atomic mass is 16.5. The minimum atomic E-state index is -0.122. The summed E-state index contributed by atoms with van der Waals surface area (Å²) in [5.41, 5.74) is 2.28. The van der Waals surface area contributed by atoms with E-state index in [-0.39, 0.29) is 5.91 Å². The van der Waals surface area contributed by atoms with Gasteiger partial charge in [-0.05, 0) is 51.1 Å². The van der Waals surface area contributed by atoms with Crippen LogP contribution in [0.5, 0.6) is 5.75 Å². The van der Waals surface area contributed by atoms with Crippen molar-refractivity contribution in [2.45, 2.75) is 20.8 Å². The lowest BCUT2D eigenvalue weighted by molar-refractivity contribution is 0.0942. The highest BCUT2D eigenvalue weighted by molar-refractivity contribution is 5.95. The fourth-order valence-electron chi connectivity index (χ4n) is 1.82. The van der Waals surface area contributed by atoms with Crippen LogP contribution in [0.4, 0.5) is 0 Å². The Bertz CT molecular complexity index is 556. The summed E-state index contributed by atoms with van der Waals surface area (Å²) in [5.74, 6) is 0.645. The molecule has 1 aromatic heterocycles. The van der Waals surface area contributed by atoms with Crippen molar-refractivity contribution in [2.24, 2.45) is 0 Å². The van der Waals surface area contributed by atoms with Crippen LogP contribution in [0.15, 0.2) is 30.3 Å². The highest BCUT2D eigenvalue weighted by Gasteiger charge is 2.12. The molecule has 0 saturated carbocycles. The standard InChI is InChI=1S/C14H16N2O2/c1-4-18-13-7-5-12(6-8-13)14(17)16-11(3)9-10(2)15-16/h5-9H,4H2,1-3H3. The molecule has 1 aromatic carbocycles. The Morgan fingerprint density at radius 1 is 1.28 bits per heavy atom. The van der Waals surface area contributed by atoms with Gasteiger partial charge >= 0.3 is 0 Å². The Hall–Kier alpha value is -2.10. The number of aromatic nitrogens is 2. The van der Waals surface area contributed by atoms with Crippen LogP contribution in [0.1, 0.15) is 28.7 Å². The summed E-state index contributed by atoms with van der Waals surface area (Å²) in [5, 5.41) is 4.18. The SMILES string of the molecule is CCOc1ccc(C(=O)n2nc(C)cc2C)cc1. The number of carbonyl (C=O) groups excluding carboxylic acids is 1. The van der Waals surface area contributed by atoms with E-state index in [4.69, 9.17) is 4.74 Å². The number of benzene rings is 1. The number of aryl methyl sites for hydroxylation is 2. The monoisotopic (exact) mass is 244 g/mol. The summed E-state index contributed by atoms with van der Waals surface area (Å²) in [6, 6.07) is 8.98. The first-order chi connectivity index (χ1) is 8.61. The molecule has 4 nitrogen and oxygen atoms in total. The average molecular weight is 244 g/mol. The number of nitrogens with zero attached hydrogens (tertiary/aromatic N) is 2. The zero-order valence-electron chi connectivity index (χ0n) is 10.8. The summed E-state index contributed by atoms with van der Waals surface area (Å²) in [6.07, 6.45) is 0. The maximum Gasteiger partial charge on any atom is 0.278 e. The normalized spacial score (nSPS) is 10.4. The Labute approximate surface area is 106 Å². The van der Waals surface area contributed by atoms with E-state index in [1.54, 1.807) is 24.3 Å². The maximum absolute atomic E-state index is 12.2. The predicted octanol–water partition coefficient (Wildman–Crippen LogP) is 2.59. The van der Waals surface area contributed by atoms with Crippen molar-refractivity contribution >= 4 is 5.91 Å². The second-order valence-electron chi connectivity index (χ2n) is 4.10. The molecule has 0 fully saturated rings. The number of carbonyl (C=O) groups is 1. The lowest BCUT2D eigenvalue weighted by atomic mass is 10.2. The van der Waals surface area contributed by atoms with E-state index < -0.39 is 0 Å². The van der Waals surface area contributed by atoms with Crippen molar-refractivity contribution in [3.8, 4) is 5.75 Å². The largest absolute Gasteiger partial charge is 0.494 e. The van der Waals surface area contributed by atoms with Gasteiger partial charge in [0.15, 0.2) is 0 Å². The highest BCUT2D eigenvalue weighted by Crippen LogP contribution is 2.14. The molecule has 0 atom stereocenters. The first kappa shape index (κ1) is 12.4. The second kappa shape index (κ2) is 5.04. The second-order valence-corrected chi connectivity index (χ2v) is 4.10. The predicted molar refractivity (Wildman–Crippen MR) is 69.0 cm³/mol.